The molecule has 0 unspecified atom stereocenters. The fourth-order valence-electron chi connectivity index (χ4n) is 1.72. The molecular weight excluding hydrogens is 291 g/mol. The van der Waals surface area contributed by atoms with Crippen molar-refractivity contribution in [2.24, 2.45) is 0 Å². The van der Waals surface area contributed by atoms with Gasteiger partial charge in [0.15, 0.2) is 0 Å². The Bertz CT molecular complexity index is 721. The van der Waals surface area contributed by atoms with Gasteiger partial charge in [0.25, 0.3) is 11.4 Å². The Balaban J connectivity index is 2.71. The number of benzene rings is 2. The molecule has 0 fully saturated rings. The van der Waals surface area contributed by atoms with Crippen LogP contribution in [0.4, 0.5) is 15.8 Å². The van der Waals surface area contributed by atoms with Crippen molar-refractivity contribution in [1.29, 1.82) is 0 Å². The van der Waals surface area contributed by atoms with Crippen LogP contribution in [-0.2, 0) is 0 Å². The first-order valence-electron chi connectivity index (χ1n) is 5.28. The molecule has 0 aliphatic rings. The van der Waals surface area contributed by atoms with Gasteiger partial charge in [-0.25, -0.2) is 4.39 Å². The van der Waals surface area contributed by atoms with Crippen LogP contribution in [0.5, 0.6) is 0 Å². The fraction of sp³-hybridized carbons (Fsp3) is 0. The predicted octanol–water partition coefficient (Wildman–Crippen LogP) is 3.96. The Morgan fingerprint density at radius 3 is 2.25 bits per heavy atom. The topological polar surface area (TPSA) is 86.3 Å². The average molecular weight is 297 g/mol. The third-order valence-electron chi connectivity index (χ3n) is 2.61. The summed E-state index contributed by atoms with van der Waals surface area (Å²) in [7, 11) is 0. The zero-order chi connectivity index (χ0) is 14.9. The van der Waals surface area contributed by atoms with Crippen molar-refractivity contribution in [3.8, 4) is 11.1 Å². The summed E-state index contributed by atoms with van der Waals surface area (Å²) in [6.07, 6.45) is 0. The Kier molecular flexibility index (Phi) is 3.62. The molecule has 2 rings (SSSR count). The lowest BCUT2D eigenvalue weighted by molar-refractivity contribution is -0.385. The molecule has 0 atom stereocenters. The van der Waals surface area contributed by atoms with E-state index >= 15 is 0 Å². The van der Waals surface area contributed by atoms with Crippen LogP contribution in [0.2, 0.25) is 5.02 Å². The van der Waals surface area contributed by atoms with E-state index in [0.717, 1.165) is 24.3 Å². The second-order valence-electron chi connectivity index (χ2n) is 3.84. The minimum atomic E-state index is -0.791. The number of halogens is 2. The number of hydrogen-bond donors (Lipinski definition) is 0. The normalized spacial score (nSPS) is 10.3. The summed E-state index contributed by atoms with van der Waals surface area (Å²) in [6.45, 7) is 0. The largest absolute Gasteiger partial charge is 0.278 e. The summed E-state index contributed by atoms with van der Waals surface area (Å²) in [5.41, 5.74) is -1.06. The molecule has 2 aromatic carbocycles. The Labute approximate surface area is 116 Å². The molecule has 8 heteroatoms. The molecule has 0 aliphatic heterocycles. The van der Waals surface area contributed by atoms with Gasteiger partial charge in [-0.05, 0) is 18.2 Å². The van der Waals surface area contributed by atoms with Gasteiger partial charge in [-0.1, -0.05) is 11.6 Å². The van der Waals surface area contributed by atoms with E-state index in [2.05, 4.69) is 0 Å². The van der Waals surface area contributed by atoms with Crippen LogP contribution in [-0.4, -0.2) is 9.85 Å². The van der Waals surface area contributed by atoms with Crippen LogP contribution in [0.3, 0.4) is 0 Å². The van der Waals surface area contributed by atoms with Crippen molar-refractivity contribution in [3.05, 3.63) is 67.5 Å². The van der Waals surface area contributed by atoms with Gasteiger partial charge in [0.2, 0.25) is 0 Å². The summed E-state index contributed by atoms with van der Waals surface area (Å²) in [5, 5.41) is 21.8. The monoisotopic (exact) mass is 296 g/mol. The van der Waals surface area contributed by atoms with E-state index in [0.29, 0.717) is 0 Å². The molecular formula is C12H6ClFN2O4. The molecule has 0 heterocycles. The van der Waals surface area contributed by atoms with Gasteiger partial charge in [0, 0.05) is 28.8 Å². The van der Waals surface area contributed by atoms with Crippen LogP contribution in [0.15, 0.2) is 36.4 Å². The minimum Gasteiger partial charge on any atom is -0.258 e. The lowest BCUT2D eigenvalue weighted by Gasteiger charge is -2.05. The number of nitro groups is 2. The summed E-state index contributed by atoms with van der Waals surface area (Å²) < 4.78 is 13.8. The first-order chi connectivity index (χ1) is 9.40. The Morgan fingerprint density at radius 2 is 1.65 bits per heavy atom. The molecule has 0 amide bonds. The number of nitrogens with zero attached hydrogens (tertiary/aromatic N) is 2. The van der Waals surface area contributed by atoms with Gasteiger partial charge < -0.3 is 0 Å². The van der Waals surface area contributed by atoms with Crippen molar-refractivity contribution in [1.82, 2.24) is 0 Å². The Morgan fingerprint density at radius 1 is 0.950 bits per heavy atom. The first-order valence-corrected chi connectivity index (χ1v) is 5.66. The molecule has 0 N–H and O–H groups in total. The number of nitro benzene ring substituents is 2. The quantitative estimate of drug-likeness (QED) is 0.633. The molecule has 0 saturated carbocycles. The summed E-state index contributed by atoms with van der Waals surface area (Å²) >= 11 is 5.66. The minimum absolute atomic E-state index is 0.0689. The van der Waals surface area contributed by atoms with Gasteiger partial charge in [0.1, 0.15) is 5.82 Å². The molecule has 6 nitrogen and oxygen atoms in total. The van der Waals surface area contributed by atoms with Crippen molar-refractivity contribution in [2.75, 3.05) is 0 Å². The van der Waals surface area contributed by atoms with E-state index in [1.807, 2.05) is 0 Å². The van der Waals surface area contributed by atoms with Crippen LogP contribution >= 0.6 is 11.6 Å². The molecule has 102 valence electrons. The van der Waals surface area contributed by atoms with Crippen molar-refractivity contribution in [3.63, 3.8) is 0 Å². The molecule has 0 aliphatic carbocycles. The molecule has 2 aromatic rings. The van der Waals surface area contributed by atoms with Gasteiger partial charge >= 0.3 is 0 Å². The molecule has 0 radical (unpaired) electrons. The van der Waals surface area contributed by atoms with Crippen molar-refractivity contribution in [2.45, 2.75) is 0 Å². The summed E-state index contributed by atoms with van der Waals surface area (Å²) in [5.74, 6) is -0.791. The lowest BCUT2D eigenvalue weighted by atomic mass is 10.0. The summed E-state index contributed by atoms with van der Waals surface area (Å²) in [6, 6.07) is 6.50. The SMILES string of the molecule is O=[N+]([O-])c1ccc(F)c(-c2ccc(Cl)cc2[N+](=O)[O-])c1. The van der Waals surface area contributed by atoms with Crippen molar-refractivity contribution >= 4 is 23.0 Å². The third kappa shape index (κ3) is 2.57. The highest BCUT2D eigenvalue weighted by Gasteiger charge is 2.21. The van der Waals surface area contributed by atoms with E-state index in [-0.39, 0.29) is 21.8 Å². The van der Waals surface area contributed by atoms with Crippen LogP contribution in [0.1, 0.15) is 0 Å². The fourth-order valence-corrected chi connectivity index (χ4v) is 1.88. The maximum absolute atomic E-state index is 13.8. The molecule has 0 bridgehead atoms. The average Bonchev–Trinajstić information content (AvgIpc) is 2.39. The zero-order valence-corrected chi connectivity index (χ0v) is 10.5. The first kappa shape index (κ1) is 13.9. The van der Waals surface area contributed by atoms with Gasteiger partial charge in [-0.2, -0.15) is 0 Å². The smallest absolute Gasteiger partial charge is 0.258 e. The molecule has 0 aromatic heterocycles. The van der Waals surface area contributed by atoms with E-state index in [4.69, 9.17) is 11.6 Å². The van der Waals surface area contributed by atoms with E-state index < -0.39 is 21.4 Å². The Hall–Kier alpha value is -2.54. The van der Waals surface area contributed by atoms with Gasteiger partial charge in [-0.3, -0.25) is 20.2 Å². The highest BCUT2D eigenvalue weighted by Crippen LogP contribution is 2.35. The molecule has 0 saturated heterocycles. The zero-order valence-electron chi connectivity index (χ0n) is 9.75. The number of non-ortho nitro benzene ring substituents is 1. The maximum Gasteiger partial charge on any atom is 0.278 e. The second kappa shape index (κ2) is 5.22. The van der Waals surface area contributed by atoms with Crippen LogP contribution in [0, 0.1) is 26.0 Å². The van der Waals surface area contributed by atoms with Gasteiger partial charge in [0.05, 0.1) is 15.4 Å². The third-order valence-corrected chi connectivity index (χ3v) is 2.84. The van der Waals surface area contributed by atoms with E-state index in [1.165, 1.54) is 12.1 Å². The van der Waals surface area contributed by atoms with Crippen LogP contribution < -0.4 is 0 Å². The van der Waals surface area contributed by atoms with E-state index in [1.54, 1.807) is 0 Å². The molecule has 0 spiro atoms. The number of hydrogen-bond acceptors (Lipinski definition) is 4. The lowest BCUT2D eigenvalue weighted by Crippen LogP contribution is -1.95. The van der Waals surface area contributed by atoms with E-state index in [9.17, 15) is 24.6 Å². The predicted molar refractivity (Wildman–Crippen MR) is 70.2 cm³/mol. The number of rotatable bonds is 3. The second-order valence-corrected chi connectivity index (χ2v) is 4.28. The highest BCUT2D eigenvalue weighted by molar-refractivity contribution is 6.30. The standard InChI is InChI=1S/C12H6ClFN2O4/c13-7-1-3-9(12(5-7)16(19)20)10-6-8(15(17)18)2-4-11(10)14/h1-6H. The van der Waals surface area contributed by atoms with Crippen LogP contribution in [0.25, 0.3) is 11.1 Å². The maximum atomic E-state index is 13.8. The molecule has 20 heavy (non-hydrogen) atoms. The highest BCUT2D eigenvalue weighted by atomic mass is 35.5. The summed E-state index contributed by atoms with van der Waals surface area (Å²) in [4.78, 5) is 20.2. The van der Waals surface area contributed by atoms with Gasteiger partial charge in [-0.15, -0.1) is 0 Å². The van der Waals surface area contributed by atoms with Crippen molar-refractivity contribution < 1.29 is 14.2 Å².